The third-order valence-electron chi connectivity index (χ3n) is 5.85. The molecule has 34 heavy (non-hydrogen) atoms. The summed E-state index contributed by atoms with van der Waals surface area (Å²) >= 11 is 0. The lowest BCUT2D eigenvalue weighted by molar-refractivity contribution is 0.153. The van der Waals surface area contributed by atoms with E-state index < -0.39 is 17.4 Å². The Kier molecular flexibility index (Phi) is 7.24. The number of nitrogens with zero attached hydrogens (tertiary/aromatic N) is 4. The number of aryl methyl sites for hydroxylation is 1. The van der Waals surface area contributed by atoms with E-state index in [4.69, 9.17) is 0 Å². The Morgan fingerprint density at radius 1 is 0.941 bits per heavy atom. The molecular weight excluding hydrogens is 432 g/mol. The van der Waals surface area contributed by atoms with Crippen LogP contribution < -0.4 is 21.9 Å². The molecular formula is C25H30N6O3. The number of hydrogen-bond donors (Lipinski definition) is 3. The fraction of sp³-hybridized carbons (Fsp3) is 0.320. The van der Waals surface area contributed by atoms with E-state index >= 15 is 0 Å². The Morgan fingerprint density at radius 3 is 2.26 bits per heavy atom. The van der Waals surface area contributed by atoms with Crippen molar-refractivity contribution < 1.29 is 5.11 Å². The summed E-state index contributed by atoms with van der Waals surface area (Å²) in [4.78, 5) is 29.9. The van der Waals surface area contributed by atoms with E-state index in [1.54, 1.807) is 11.6 Å². The SMILES string of the molecule is Cn1c(=O)c2c(nc(NCc3ccccc3)n2CC(O)CNCCc2ccccc2)n(C)c1=O. The molecule has 0 aliphatic carbocycles. The molecule has 0 aliphatic rings. The minimum atomic E-state index is -0.757. The number of aliphatic hydroxyl groups excluding tert-OH is 1. The molecule has 2 aromatic heterocycles. The highest BCUT2D eigenvalue weighted by molar-refractivity contribution is 5.74. The number of aromatic nitrogens is 4. The zero-order valence-corrected chi connectivity index (χ0v) is 19.4. The van der Waals surface area contributed by atoms with Crippen molar-refractivity contribution in [2.24, 2.45) is 14.1 Å². The first kappa shape index (κ1) is 23.5. The Bertz CT molecular complexity index is 1360. The Balaban J connectivity index is 1.54. The second-order valence-corrected chi connectivity index (χ2v) is 8.36. The summed E-state index contributed by atoms with van der Waals surface area (Å²) in [6.45, 7) is 1.72. The van der Waals surface area contributed by atoms with Crippen LogP contribution in [0.4, 0.5) is 5.95 Å². The molecule has 4 aromatic rings. The topological polar surface area (TPSA) is 106 Å². The molecule has 1 unspecified atom stereocenters. The Labute approximate surface area is 197 Å². The van der Waals surface area contributed by atoms with E-state index in [1.165, 1.54) is 17.2 Å². The van der Waals surface area contributed by atoms with Crippen LogP contribution in [0.25, 0.3) is 11.2 Å². The van der Waals surface area contributed by atoms with Crippen LogP contribution >= 0.6 is 0 Å². The average molecular weight is 463 g/mol. The highest BCUT2D eigenvalue weighted by atomic mass is 16.3. The van der Waals surface area contributed by atoms with Gasteiger partial charge in [0.1, 0.15) is 0 Å². The summed E-state index contributed by atoms with van der Waals surface area (Å²) in [5, 5.41) is 17.3. The van der Waals surface area contributed by atoms with Crippen molar-refractivity contribution in [2.75, 3.05) is 18.4 Å². The van der Waals surface area contributed by atoms with Gasteiger partial charge in [-0.25, -0.2) is 4.79 Å². The van der Waals surface area contributed by atoms with Crippen molar-refractivity contribution in [2.45, 2.75) is 25.6 Å². The van der Waals surface area contributed by atoms with E-state index in [2.05, 4.69) is 27.8 Å². The summed E-state index contributed by atoms with van der Waals surface area (Å²) in [7, 11) is 3.03. The zero-order valence-electron chi connectivity index (χ0n) is 19.4. The minimum absolute atomic E-state index is 0.152. The van der Waals surface area contributed by atoms with E-state index in [0.29, 0.717) is 19.0 Å². The molecule has 0 spiro atoms. The number of anilines is 1. The van der Waals surface area contributed by atoms with Crippen molar-refractivity contribution in [1.29, 1.82) is 0 Å². The number of imidazole rings is 1. The summed E-state index contributed by atoms with van der Waals surface area (Å²) in [6.07, 6.45) is 0.0982. The van der Waals surface area contributed by atoms with E-state index in [1.807, 2.05) is 48.5 Å². The van der Waals surface area contributed by atoms with Gasteiger partial charge in [0.2, 0.25) is 5.95 Å². The lowest BCUT2D eigenvalue weighted by Gasteiger charge is -2.16. The third kappa shape index (κ3) is 5.11. The van der Waals surface area contributed by atoms with Crippen LogP contribution in [0.2, 0.25) is 0 Å². The number of benzene rings is 2. The fourth-order valence-corrected chi connectivity index (χ4v) is 3.96. The number of hydrogen-bond acceptors (Lipinski definition) is 6. The van der Waals surface area contributed by atoms with Crippen LogP contribution in [-0.4, -0.2) is 43.0 Å². The van der Waals surface area contributed by atoms with Gasteiger partial charge in [-0.15, -0.1) is 0 Å². The molecule has 0 amide bonds. The van der Waals surface area contributed by atoms with Gasteiger partial charge in [0.25, 0.3) is 5.56 Å². The molecule has 0 bridgehead atoms. The first-order valence-corrected chi connectivity index (χ1v) is 11.3. The normalized spacial score (nSPS) is 12.2. The molecule has 4 rings (SSSR count). The van der Waals surface area contributed by atoms with Gasteiger partial charge in [-0.3, -0.25) is 13.9 Å². The van der Waals surface area contributed by atoms with E-state index in [-0.39, 0.29) is 17.7 Å². The van der Waals surface area contributed by atoms with E-state index in [9.17, 15) is 14.7 Å². The van der Waals surface area contributed by atoms with Crippen molar-refractivity contribution in [1.82, 2.24) is 24.0 Å². The average Bonchev–Trinajstić information content (AvgIpc) is 3.22. The summed E-state index contributed by atoms with van der Waals surface area (Å²) < 4.78 is 4.08. The van der Waals surface area contributed by atoms with Gasteiger partial charge in [0.05, 0.1) is 12.6 Å². The number of nitrogens with one attached hydrogen (secondary N) is 2. The maximum atomic E-state index is 13.0. The molecule has 9 nitrogen and oxygen atoms in total. The van der Waals surface area contributed by atoms with Crippen molar-refractivity contribution in [3.05, 3.63) is 92.6 Å². The standard InChI is InChI=1S/C25H30N6O3/c1-29-22-21(23(33)30(2)25(29)34)31(24(28-22)27-15-19-11-7-4-8-12-19)17-20(32)16-26-14-13-18-9-5-3-6-10-18/h3-12,20,26,32H,13-17H2,1-2H3,(H,27,28). The van der Waals surface area contributed by atoms with Crippen molar-refractivity contribution in [3.63, 3.8) is 0 Å². The Morgan fingerprint density at radius 2 is 1.59 bits per heavy atom. The molecule has 2 aromatic carbocycles. The van der Waals surface area contributed by atoms with Gasteiger partial charge in [-0.1, -0.05) is 60.7 Å². The van der Waals surface area contributed by atoms with Crippen LogP contribution in [-0.2, 0) is 33.6 Å². The van der Waals surface area contributed by atoms with Crippen LogP contribution in [0.15, 0.2) is 70.3 Å². The van der Waals surface area contributed by atoms with Gasteiger partial charge in [-0.2, -0.15) is 4.98 Å². The van der Waals surface area contributed by atoms with Crippen LogP contribution in [0.1, 0.15) is 11.1 Å². The molecule has 0 fully saturated rings. The van der Waals surface area contributed by atoms with Gasteiger partial charge in [0.15, 0.2) is 11.2 Å². The quantitative estimate of drug-likeness (QED) is 0.306. The lowest BCUT2D eigenvalue weighted by Crippen LogP contribution is -2.38. The maximum absolute atomic E-state index is 13.0. The first-order valence-electron chi connectivity index (χ1n) is 11.3. The second kappa shape index (κ2) is 10.5. The van der Waals surface area contributed by atoms with Gasteiger partial charge < -0.3 is 20.3 Å². The fourth-order valence-electron chi connectivity index (χ4n) is 3.96. The highest BCUT2D eigenvalue weighted by Gasteiger charge is 2.21. The third-order valence-corrected chi connectivity index (χ3v) is 5.85. The smallest absolute Gasteiger partial charge is 0.332 e. The molecule has 0 radical (unpaired) electrons. The number of rotatable bonds is 10. The van der Waals surface area contributed by atoms with Gasteiger partial charge in [0, 0.05) is 27.2 Å². The molecule has 0 saturated heterocycles. The van der Waals surface area contributed by atoms with Crippen LogP contribution in [0.5, 0.6) is 0 Å². The maximum Gasteiger partial charge on any atom is 0.332 e. The number of fused-ring (bicyclic) bond motifs is 1. The van der Waals surface area contributed by atoms with Gasteiger partial charge in [-0.05, 0) is 24.1 Å². The zero-order chi connectivity index (χ0) is 24.1. The highest BCUT2D eigenvalue weighted by Crippen LogP contribution is 2.17. The molecule has 178 valence electrons. The molecule has 3 N–H and O–H groups in total. The summed E-state index contributed by atoms with van der Waals surface area (Å²) in [6, 6.07) is 20.0. The van der Waals surface area contributed by atoms with Crippen molar-refractivity contribution >= 4 is 17.1 Å². The molecule has 9 heteroatoms. The first-order chi connectivity index (χ1) is 16.5. The Hall–Kier alpha value is -3.69. The van der Waals surface area contributed by atoms with Crippen molar-refractivity contribution in [3.8, 4) is 0 Å². The van der Waals surface area contributed by atoms with Gasteiger partial charge >= 0.3 is 5.69 Å². The second-order valence-electron chi connectivity index (χ2n) is 8.36. The molecule has 1 atom stereocenters. The summed E-state index contributed by atoms with van der Waals surface area (Å²) in [5.41, 5.74) is 1.95. The van der Waals surface area contributed by atoms with Crippen LogP contribution in [0.3, 0.4) is 0 Å². The number of aliphatic hydroxyl groups is 1. The molecule has 0 saturated carbocycles. The minimum Gasteiger partial charge on any atom is -0.390 e. The lowest BCUT2D eigenvalue weighted by atomic mass is 10.1. The van der Waals surface area contributed by atoms with E-state index in [0.717, 1.165) is 23.1 Å². The largest absolute Gasteiger partial charge is 0.390 e. The summed E-state index contributed by atoms with van der Waals surface area (Å²) in [5.74, 6) is 0.431. The molecule has 0 aliphatic heterocycles. The molecule has 2 heterocycles. The van der Waals surface area contributed by atoms with Crippen LogP contribution in [0, 0.1) is 0 Å². The predicted octanol–water partition coefficient (Wildman–Crippen LogP) is 1.24. The predicted molar refractivity (Wildman–Crippen MR) is 133 cm³/mol. The monoisotopic (exact) mass is 462 g/mol.